The van der Waals surface area contributed by atoms with Gasteiger partial charge in [-0.2, -0.15) is 4.98 Å². The molecule has 184 valence electrons. The Kier molecular flexibility index (Phi) is 6.81. The molecule has 4 aromatic rings. The van der Waals surface area contributed by atoms with Crippen molar-refractivity contribution in [2.45, 2.75) is 20.3 Å². The molecule has 0 radical (unpaired) electrons. The molecule has 0 saturated carbocycles. The maximum atomic E-state index is 6.31. The number of aryl methyl sites for hydroxylation is 2. The number of rotatable bonds is 9. The van der Waals surface area contributed by atoms with Crippen LogP contribution in [0.1, 0.15) is 18.4 Å². The van der Waals surface area contributed by atoms with Crippen molar-refractivity contribution in [2.24, 2.45) is 0 Å². The number of hydrogen-bond acceptors (Lipinski definition) is 9. The molecular formula is C25H28N4O6. The molecule has 0 aliphatic rings. The van der Waals surface area contributed by atoms with Crippen LogP contribution in [0.2, 0.25) is 0 Å². The summed E-state index contributed by atoms with van der Waals surface area (Å²) in [5, 5.41) is 4.74. The maximum absolute atomic E-state index is 6.31. The van der Waals surface area contributed by atoms with Crippen LogP contribution in [0.5, 0.6) is 40.4 Å². The summed E-state index contributed by atoms with van der Waals surface area (Å²) in [6.07, 6.45) is 0.683. The van der Waals surface area contributed by atoms with Gasteiger partial charge in [-0.15, -0.1) is 5.10 Å². The Balaban J connectivity index is 1.91. The van der Waals surface area contributed by atoms with E-state index >= 15 is 0 Å². The molecule has 0 aliphatic carbocycles. The number of benzene rings is 2. The van der Waals surface area contributed by atoms with Crippen LogP contribution in [0.15, 0.2) is 30.3 Å². The van der Waals surface area contributed by atoms with Crippen LogP contribution < -0.4 is 28.4 Å². The summed E-state index contributed by atoms with van der Waals surface area (Å²) in [4.78, 5) is 9.44. The Morgan fingerprint density at radius 2 is 1.43 bits per heavy atom. The first-order valence-electron chi connectivity index (χ1n) is 10.9. The van der Waals surface area contributed by atoms with Crippen molar-refractivity contribution in [1.82, 2.24) is 19.6 Å². The van der Waals surface area contributed by atoms with Gasteiger partial charge in [0.2, 0.25) is 11.6 Å². The number of nitrogens with zero attached hydrogens (tertiary/aromatic N) is 4. The van der Waals surface area contributed by atoms with Crippen LogP contribution in [0, 0.1) is 6.92 Å². The van der Waals surface area contributed by atoms with Crippen molar-refractivity contribution in [3.63, 3.8) is 0 Å². The first-order chi connectivity index (χ1) is 17.0. The van der Waals surface area contributed by atoms with Gasteiger partial charge in [0.05, 0.1) is 41.2 Å². The van der Waals surface area contributed by atoms with Gasteiger partial charge in [-0.05, 0) is 31.5 Å². The topological polar surface area (TPSA) is 98.5 Å². The predicted octanol–water partition coefficient (Wildman–Crippen LogP) is 4.50. The minimum atomic E-state index is 0.344. The highest BCUT2D eigenvalue weighted by atomic mass is 16.5. The number of imidazole rings is 1. The molecule has 10 nitrogen and oxygen atoms in total. The zero-order valence-electron chi connectivity index (χ0n) is 20.8. The van der Waals surface area contributed by atoms with Gasteiger partial charge in [-0.3, -0.25) is 0 Å². The minimum absolute atomic E-state index is 0.344. The molecule has 0 N–H and O–H groups in total. The van der Waals surface area contributed by atoms with Crippen LogP contribution in [0.25, 0.3) is 16.9 Å². The fourth-order valence-electron chi connectivity index (χ4n) is 3.83. The summed E-state index contributed by atoms with van der Waals surface area (Å²) in [5.41, 5.74) is 2.23. The molecule has 4 rings (SSSR count). The van der Waals surface area contributed by atoms with E-state index in [0.29, 0.717) is 58.1 Å². The van der Waals surface area contributed by atoms with E-state index in [2.05, 4.69) is 4.98 Å². The van der Waals surface area contributed by atoms with Crippen molar-refractivity contribution >= 4 is 5.52 Å². The fourth-order valence-corrected chi connectivity index (χ4v) is 3.83. The van der Waals surface area contributed by atoms with Gasteiger partial charge in [0.1, 0.15) is 11.6 Å². The molecule has 2 heterocycles. The largest absolute Gasteiger partial charge is 0.493 e. The number of hydrogen-bond donors (Lipinski definition) is 0. The summed E-state index contributed by atoms with van der Waals surface area (Å²) in [5.74, 6) is 4.53. The number of fused-ring (bicyclic) bond motifs is 1. The molecule has 0 aliphatic heterocycles. The van der Waals surface area contributed by atoms with E-state index in [1.54, 1.807) is 58.3 Å². The molecular weight excluding hydrogens is 452 g/mol. The van der Waals surface area contributed by atoms with Gasteiger partial charge in [0.25, 0.3) is 0 Å². The first kappa shape index (κ1) is 23.9. The molecule has 0 spiro atoms. The maximum Gasteiger partial charge on any atom is 0.249 e. The molecule has 10 heteroatoms. The molecule has 0 fully saturated rings. The first-order valence-corrected chi connectivity index (χ1v) is 10.9. The van der Waals surface area contributed by atoms with Crippen LogP contribution in [0.4, 0.5) is 0 Å². The normalized spacial score (nSPS) is 10.8. The Morgan fingerprint density at radius 1 is 0.771 bits per heavy atom. The lowest BCUT2D eigenvalue weighted by molar-refractivity contribution is 0.320. The molecule has 0 saturated heterocycles. The molecule has 0 atom stereocenters. The van der Waals surface area contributed by atoms with Crippen LogP contribution >= 0.6 is 0 Å². The molecule has 2 aromatic carbocycles. The molecule has 0 bridgehead atoms. The third kappa shape index (κ3) is 4.34. The number of methoxy groups -OCH3 is 5. The molecule has 0 amide bonds. The highest BCUT2D eigenvalue weighted by Crippen LogP contribution is 2.42. The quantitative estimate of drug-likeness (QED) is 0.343. The van der Waals surface area contributed by atoms with Gasteiger partial charge < -0.3 is 28.4 Å². The summed E-state index contributed by atoms with van der Waals surface area (Å²) in [6.45, 7) is 3.91. The lowest BCUT2D eigenvalue weighted by Crippen LogP contribution is -2.04. The predicted molar refractivity (Wildman–Crippen MR) is 130 cm³/mol. The van der Waals surface area contributed by atoms with E-state index in [0.717, 1.165) is 17.1 Å². The third-order valence-electron chi connectivity index (χ3n) is 5.52. The smallest absolute Gasteiger partial charge is 0.249 e. The monoisotopic (exact) mass is 480 g/mol. The van der Waals surface area contributed by atoms with E-state index in [1.165, 1.54) is 0 Å². The lowest BCUT2D eigenvalue weighted by atomic mass is 10.2. The minimum Gasteiger partial charge on any atom is -0.493 e. The van der Waals surface area contributed by atoms with E-state index in [9.17, 15) is 0 Å². The summed E-state index contributed by atoms with van der Waals surface area (Å²) >= 11 is 0. The van der Waals surface area contributed by atoms with Crippen LogP contribution in [0.3, 0.4) is 0 Å². The van der Waals surface area contributed by atoms with Gasteiger partial charge in [-0.1, -0.05) is 6.92 Å². The Bertz CT molecular complexity index is 1340. The van der Waals surface area contributed by atoms with Crippen molar-refractivity contribution in [3.05, 3.63) is 41.9 Å². The Morgan fingerprint density at radius 3 is 2.00 bits per heavy atom. The highest BCUT2D eigenvalue weighted by Gasteiger charge is 2.21. The van der Waals surface area contributed by atoms with Gasteiger partial charge >= 0.3 is 0 Å². The second-order valence-corrected chi connectivity index (χ2v) is 7.49. The number of aromatic nitrogens is 4. The highest BCUT2D eigenvalue weighted by molar-refractivity contribution is 5.67. The zero-order valence-corrected chi connectivity index (χ0v) is 20.8. The zero-order chi connectivity index (χ0) is 25.1. The van der Waals surface area contributed by atoms with Gasteiger partial charge in [0, 0.05) is 17.7 Å². The van der Waals surface area contributed by atoms with Crippen LogP contribution in [-0.2, 0) is 6.42 Å². The van der Waals surface area contributed by atoms with E-state index in [1.807, 2.05) is 26.0 Å². The summed E-state index contributed by atoms with van der Waals surface area (Å²) < 4.78 is 35.2. The van der Waals surface area contributed by atoms with Crippen molar-refractivity contribution in [1.29, 1.82) is 0 Å². The molecule has 2 aromatic heterocycles. The second kappa shape index (κ2) is 9.96. The molecule has 35 heavy (non-hydrogen) atoms. The molecule has 0 unspecified atom stereocenters. The average molecular weight is 481 g/mol. The van der Waals surface area contributed by atoms with E-state index < -0.39 is 0 Å². The standard InChI is InChI=1S/C25H28N4O6/c1-8-17-22-25(35-16-12-20(32-5)23(34-7)21(13-16)33-6)27-24(28-29(22)14(2)26-17)15-9-10-18(30-3)19(11-15)31-4/h9-13H,8H2,1-7H3. The third-order valence-corrected chi connectivity index (χ3v) is 5.52. The Hall–Kier alpha value is -4.21. The van der Waals surface area contributed by atoms with Crippen molar-refractivity contribution in [2.75, 3.05) is 35.5 Å². The second-order valence-electron chi connectivity index (χ2n) is 7.49. The van der Waals surface area contributed by atoms with Gasteiger partial charge in [0.15, 0.2) is 34.3 Å². The van der Waals surface area contributed by atoms with Gasteiger partial charge in [-0.25, -0.2) is 9.50 Å². The fraction of sp³-hybridized carbons (Fsp3) is 0.320. The SMILES string of the molecule is CCc1nc(C)n2nc(-c3ccc(OC)c(OC)c3)nc(Oc3cc(OC)c(OC)c(OC)c3)c12. The van der Waals surface area contributed by atoms with Crippen molar-refractivity contribution in [3.8, 4) is 51.8 Å². The van der Waals surface area contributed by atoms with E-state index in [4.69, 9.17) is 38.5 Å². The average Bonchev–Trinajstić information content (AvgIpc) is 3.23. The number of ether oxygens (including phenoxy) is 6. The Labute approximate surface area is 203 Å². The van der Waals surface area contributed by atoms with Crippen LogP contribution in [-0.4, -0.2) is 55.1 Å². The summed E-state index contributed by atoms with van der Waals surface area (Å²) in [6, 6.07) is 8.91. The lowest BCUT2D eigenvalue weighted by Gasteiger charge is -2.15. The summed E-state index contributed by atoms with van der Waals surface area (Å²) in [7, 11) is 7.82. The van der Waals surface area contributed by atoms with Crippen molar-refractivity contribution < 1.29 is 28.4 Å². The van der Waals surface area contributed by atoms with E-state index in [-0.39, 0.29) is 0 Å².